The molecule has 2 heterocycles. The van der Waals surface area contributed by atoms with E-state index >= 15 is 0 Å². The summed E-state index contributed by atoms with van der Waals surface area (Å²) < 4.78 is 27.4. The van der Waals surface area contributed by atoms with E-state index < -0.39 is 10.0 Å². The van der Waals surface area contributed by atoms with E-state index in [4.69, 9.17) is 5.73 Å². The average molecular weight is 399 g/mol. The Bertz CT molecular complexity index is 1160. The zero-order valence-corrected chi connectivity index (χ0v) is 16.2. The largest absolute Gasteiger partial charge is 0.383 e. The molecule has 4 rings (SSSR count). The van der Waals surface area contributed by atoms with Crippen LogP contribution in [0.5, 0.6) is 0 Å². The number of hydrogen-bond acceptors (Lipinski definition) is 6. The molecular weight excluding hydrogens is 378 g/mol. The molecule has 0 amide bonds. The number of anilines is 2. The summed E-state index contributed by atoms with van der Waals surface area (Å²) in [4.78, 5) is 21.7. The molecule has 3 aromatic rings. The smallest absolute Gasteiger partial charge is 0.229 e. The molecule has 0 saturated heterocycles. The molecule has 1 aromatic carbocycles. The molecule has 1 aliphatic rings. The number of hydrogen-bond donors (Lipinski definition) is 2. The Morgan fingerprint density at radius 3 is 2.71 bits per heavy atom. The highest BCUT2D eigenvalue weighted by Crippen LogP contribution is 2.35. The summed E-state index contributed by atoms with van der Waals surface area (Å²) in [6, 6.07) is 6.68. The van der Waals surface area contributed by atoms with Crippen molar-refractivity contribution in [3.8, 4) is 0 Å². The fourth-order valence-electron chi connectivity index (χ4n) is 3.83. The summed E-state index contributed by atoms with van der Waals surface area (Å²) in [5, 5.41) is 0.542. The fraction of sp³-hybridized carbons (Fsp3) is 0.316. The van der Waals surface area contributed by atoms with Crippen LogP contribution in [0.4, 0.5) is 11.5 Å². The number of nitrogen functional groups attached to an aromatic ring is 1. The van der Waals surface area contributed by atoms with E-state index in [2.05, 4.69) is 14.7 Å². The van der Waals surface area contributed by atoms with Crippen molar-refractivity contribution in [3.05, 3.63) is 47.9 Å². The van der Waals surface area contributed by atoms with Crippen molar-refractivity contribution in [2.45, 2.75) is 31.7 Å². The minimum Gasteiger partial charge on any atom is -0.383 e. The van der Waals surface area contributed by atoms with Gasteiger partial charge in [-0.3, -0.25) is 9.52 Å². The van der Waals surface area contributed by atoms with Gasteiger partial charge in [0.1, 0.15) is 17.8 Å². The summed E-state index contributed by atoms with van der Waals surface area (Å²) in [6.07, 6.45) is 8.65. The van der Waals surface area contributed by atoms with Gasteiger partial charge in [0, 0.05) is 23.5 Å². The molecular formula is C19H21N5O3S. The van der Waals surface area contributed by atoms with Crippen LogP contribution in [0.15, 0.2) is 36.8 Å². The van der Waals surface area contributed by atoms with Gasteiger partial charge in [-0.2, -0.15) is 0 Å². The maximum Gasteiger partial charge on any atom is 0.229 e. The lowest BCUT2D eigenvalue weighted by atomic mass is 10.0. The Morgan fingerprint density at radius 2 is 2.00 bits per heavy atom. The van der Waals surface area contributed by atoms with Crippen molar-refractivity contribution in [1.82, 2.24) is 14.5 Å². The molecule has 0 aliphatic heterocycles. The third kappa shape index (κ3) is 3.45. The Hall–Kier alpha value is -2.94. The number of benzene rings is 1. The SMILES string of the molecule is CS(=O)(=O)Nc1cccc(C(=O)c2cn(C3CCCC3)c3ncnc(N)c23)c1. The minimum absolute atomic E-state index is 0.250. The van der Waals surface area contributed by atoms with Gasteiger partial charge in [-0.1, -0.05) is 25.0 Å². The van der Waals surface area contributed by atoms with Crippen LogP contribution in [0.3, 0.4) is 0 Å². The van der Waals surface area contributed by atoms with Gasteiger partial charge in [0.05, 0.1) is 17.2 Å². The summed E-state index contributed by atoms with van der Waals surface area (Å²) in [5.74, 6) is 0.0101. The number of sulfonamides is 1. The summed E-state index contributed by atoms with van der Waals surface area (Å²) in [5.41, 5.74) is 7.87. The first kappa shape index (κ1) is 18.4. The number of nitrogens with two attached hydrogens (primary N) is 1. The molecule has 1 fully saturated rings. The van der Waals surface area contributed by atoms with Crippen LogP contribution in [0, 0.1) is 0 Å². The number of aromatic nitrogens is 3. The van der Waals surface area contributed by atoms with Gasteiger partial charge in [0.15, 0.2) is 5.78 Å². The van der Waals surface area contributed by atoms with E-state index in [0.29, 0.717) is 27.8 Å². The number of rotatable bonds is 5. The molecule has 146 valence electrons. The molecule has 9 heteroatoms. The van der Waals surface area contributed by atoms with Crippen LogP contribution in [0.2, 0.25) is 0 Å². The van der Waals surface area contributed by atoms with E-state index in [1.54, 1.807) is 18.2 Å². The lowest BCUT2D eigenvalue weighted by Crippen LogP contribution is -2.10. The second-order valence-electron chi connectivity index (χ2n) is 7.13. The highest BCUT2D eigenvalue weighted by Gasteiger charge is 2.25. The molecule has 0 spiro atoms. The first-order chi connectivity index (χ1) is 13.3. The van der Waals surface area contributed by atoms with Crippen molar-refractivity contribution in [2.75, 3.05) is 16.7 Å². The van der Waals surface area contributed by atoms with Crippen molar-refractivity contribution in [2.24, 2.45) is 0 Å². The van der Waals surface area contributed by atoms with Gasteiger partial charge in [-0.25, -0.2) is 18.4 Å². The second kappa shape index (κ2) is 6.90. The van der Waals surface area contributed by atoms with Crippen LogP contribution < -0.4 is 10.5 Å². The summed E-state index contributed by atoms with van der Waals surface area (Å²) >= 11 is 0. The molecule has 1 saturated carbocycles. The number of fused-ring (bicyclic) bond motifs is 1. The lowest BCUT2D eigenvalue weighted by molar-refractivity contribution is 0.104. The van der Waals surface area contributed by atoms with Crippen molar-refractivity contribution in [1.29, 1.82) is 0 Å². The number of nitrogens with zero attached hydrogens (tertiary/aromatic N) is 3. The van der Waals surface area contributed by atoms with Crippen LogP contribution in [-0.2, 0) is 10.0 Å². The molecule has 1 aliphatic carbocycles. The Kier molecular flexibility index (Phi) is 4.54. The second-order valence-corrected chi connectivity index (χ2v) is 8.88. The Labute approximate surface area is 162 Å². The first-order valence-corrected chi connectivity index (χ1v) is 11.0. The predicted octanol–water partition coefficient (Wildman–Crippen LogP) is 2.73. The molecule has 0 atom stereocenters. The topological polar surface area (TPSA) is 120 Å². The first-order valence-electron chi connectivity index (χ1n) is 9.07. The van der Waals surface area contributed by atoms with Gasteiger partial charge < -0.3 is 10.3 Å². The molecule has 2 aromatic heterocycles. The maximum atomic E-state index is 13.3. The van der Waals surface area contributed by atoms with E-state index in [1.807, 2.05) is 10.8 Å². The molecule has 0 bridgehead atoms. The van der Waals surface area contributed by atoms with Crippen molar-refractivity contribution in [3.63, 3.8) is 0 Å². The van der Waals surface area contributed by atoms with Crippen LogP contribution in [0.25, 0.3) is 11.0 Å². The average Bonchev–Trinajstić information content (AvgIpc) is 3.28. The molecule has 0 unspecified atom stereocenters. The summed E-state index contributed by atoms with van der Waals surface area (Å²) in [7, 11) is -3.44. The zero-order chi connectivity index (χ0) is 19.9. The molecule has 8 nitrogen and oxygen atoms in total. The van der Waals surface area contributed by atoms with E-state index in [1.165, 1.54) is 12.4 Å². The van der Waals surface area contributed by atoms with Crippen LogP contribution in [0.1, 0.15) is 47.6 Å². The quantitative estimate of drug-likeness (QED) is 0.637. The van der Waals surface area contributed by atoms with Crippen molar-refractivity contribution < 1.29 is 13.2 Å². The third-order valence-electron chi connectivity index (χ3n) is 5.03. The van der Waals surface area contributed by atoms with Gasteiger partial charge in [0.25, 0.3) is 0 Å². The predicted molar refractivity (Wildman–Crippen MR) is 108 cm³/mol. The van der Waals surface area contributed by atoms with Crippen LogP contribution in [-0.4, -0.2) is 35.0 Å². The normalized spacial score (nSPS) is 15.2. The molecule has 3 N–H and O–H groups in total. The number of carbonyl (C=O) groups excluding carboxylic acids is 1. The fourth-order valence-corrected chi connectivity index (χ4v) is 4.39. The van der Waals surface area contributed by atoms with Gasteiger partial charge in [0.2, 0.25) is 10.0 Å². The van der Waals surface area contributed by atoms with E-state index in [-0.39, 0.29) is 17.6 Å². The zero-order valence-electron chi connectivity index (χ0n) is 15.4. The van der Waals surface area contributed by atoms with Gasteiger partial charge in [-0.05, 0) is 25.0 Å². The number of ketones is 1. The van der Waals surface area contributed by atoms with Gasteiger partial charge in [-0.15, -0.1) is 0 Å². The van der Waals surface area contributed by atoms with E-state index in [9.17, 15) is 13.2 Å². The van der Waals surface area contributed by atoms with Crippen molar-refractivity contribution >= 4 is 38.3 Å². The third-order valence-corrected chi connectivity index (χ3v) is 5.64. The lowest BCUT2D eigenvalue weighted by Gasteiger charge is -2.12. The highest BCUT2D eigenvalue weighted by molar-refractivity contribution is 7.92. The maximum absolute atomic E-state index is 13.3. The monoisotopic (exact) mass is 399 g/mol. The Morgan fingerprint density at radius 1 is 1.25 bits per heavy atom. The number of nitrogens with one attached hydrogen (secondary N) is 1. The molecule has 28 heavy (non-hydrogen) atoms. The highest BCUT2D eigenvalue weighted by atomic mass is 32.2. The molecule has 0 radical (unpaired) electrons. The minimum atomic E-state index is -3.44. The Balaban J connectivity index is 1.81. The van der Waals surface area contributed by atoms with Crippen LogP contribution >= 0.6 is 0 Å². The van der Waals surface area contributed by atoms with Gasteiger partial charge >= 0.3 is 0 Å². The number of carbonyl (C=O) groups is 1. The van der Waals surface area contributed by atoms with E-state index in [0.717, 1.165) is 31.9 Å². The standard InChI is InChI=1S/C19H21N5O3S/c1-28(26,27)23-13-6-4-5-12(9-13)17(25)15-10-24(14-7-2-3-8-14)19-16(15)18(20)21-11-22-19/h4-6,9-11,14,23H,2-3,7-8H2,1H3,(H2,20,21,22). The summed E-state index contributed by atoms with van der Waals surface area (Å²) in [6.45, 7) is 0.